The van der Waals surface area contributed by atoms with Gasteiger partial charge in [-0.3, -0.25) is 0 Å². The van der Waals surface area contributed by atoms with Crippen LogP contribution in [0.4, 0.5) is 0 Å². The molecule has 1 aromatic rings. The highest BCUT2D eigenvalue weighted by Gasteiger charge is 2.01. The van der Waals surface area contributed by atoms with Gasteiger partial charge in [-0.15, -0.1) is 0 Å². The minimum Gasteiger partial charge on any atom is -0.492 e. The van der Waals surface area contributed by atoms with Crippen LogP contribution in [0.1, 0.15) is 12.5 Å². The Hall–Kier alpha value is -0.770. The molecule has 0 radical (unpaired) electrons. The number of halogens is 1. The van der Waals surface area contributed by atoms with Gasteiger partial charge in [0.15, 0.2) is 0 Å². The van der Waals surface area contributed by atoms with Crippen molar-refractivity contribution in [1.82, 2.24) is 5.48 Å². The number of nitrogens with one attached hydrogen (secondary N) is 1. The molecule has 0 aliphatic rings. The lowest BCUT2D eigenvalue weighted by Crippen LogP contribution is -2.06. The van der Waals surface area contributed by atoms with E-state index in [9.17, 15) is 0 Å². The van der Waals surface area contributed by atoms with Gasteiger partial charge in [0.2, 0.25) is 0 Å². The second-order valence-electron chi connectivity index (χ2n) is 2.53. The summed E-state index contributed by atoms with van der Waals surface area (Å²) in [7, 11) is 0. The number of hydrogen-bond acceptors (Lipinski definition) is 3. The fourth-order valence-corrected chi connectivity index (χ4v) is 1.19. The third kappa shape index (κ3) is 2.88. The second-order valence-corrected chi connectivity index (χ2v) is 2.94. The van der Waals surface area contributed by atoms with Crippen molar-refractivity contribution in [2.24, 2.45) is 0 Å². The van der Waals surface area contributed by atoms with Crippen molar-refractivity contribution < 1.29 is 9.94 Å². The monoisotopic (exact) mass is 201 g/mol. The summed E-state index contributed by atoms with van der Waals surface area (Å²) in [6.07, 6.45) is 0. The first-order valence-corrected chi connectivity index (χ1v) is 4.44. The summed E-state index contributed by atoms with van der Waals surface area (Å²) in [6.45, 7) is 2.86. The lowest BCUT2D eigenvalue weighted by Gasteiger charge is -2.07. The van der Waals surface area contributed by atoms with Crippen molar-refractivity contribution in [1.29, 1.82) is 0 Å². The van der Waals surface area contributed by atoms with Crippen molar-refractivity contribution in [3.63, 3.8) is 0 Å². The van der Waals surface area contributed by atoms with Gasteiger partial charge in [0, 0.05) is 6.54 Å². The Balaban J connectivity index is 2.83. The van der Waals surface area contributed by atoms with E-state index in [1.54, 1.807) is 12.1 Å². The van der Waals surface area contributed by atoms with Crippen LogP contribution in [-0.4, -0.2) is 11.8 Å². The van der Waals surface area contributed by atoms with Crippen molar-refractivity contribution in [2.75, 3.05) is 6.61 Å². The molecule has 0 bridgehead atoms. The smallest absolute Gasteiger partial charge is 0.138 e. The summed E-state index contributed by atoms with van der Waals surface area (Å²) >= 11 is 5.87. The van der Waals surface area contributed by atoms with Gasteiger partial charge in [-0.1, -0.05) is 17.7 Å². The number of benzene rings is 1. The van der Waals surface area contributed by atoms with Crippen molar-refractivity contribution >= 4 is 11.6 Å². The van der Waals surface area contributed by atoms with E-state index in [0.717, 1.165) is 5.56 Å². The van der Waals surface area contributed by atoms with E-state index in [0.29, 0.717) is 23.9 Å². The summed E-state index contributed by atoms with van der Waals surface area (Å²) in [5.74, 6) is 0.650. The molecule has 3 nitrogen and oxygen atoms in total. The molecule has 72 valence electrons. The zero-order valence-electron chi connectivity index (χ0n) is 7.38. The van der Waals surface area contributed by atoms with Crippen LogP contribution in [0.25, 0.3) is 0 Å². The van der Waals surface area contributed by atoms with Crippen molar-refractivity contribution in [3.8, 4) is 5.75 Å². The van der Waals surface area contributed by atoms with E-state index in [4.69, 9.17) is 21.5 Å². The Bertz CT molecular complexity index is 278. The maximum absolute atomic E-state index is 8.49. The fourth-order valence-electron chi connectivity index (χ4n) is 1.02. The van der Waals surface area contributed by atoms with Crippen LogP contribution in [0.3, 0.4) is 0 Å². The third-order valence-corrected chi connectivity index (χ3v) is 1.89. The molecule has 1 rings (SSSR count). The number of hydrogen-bond donors (Lipinski definition) is 2. The summed E-state index contributed by atoms with van der Waals surface area (Å²) in [4.78, 5) is 0. The minimum atomic E-state index is 0.386. The summed E-state index contributed by atoms with van der Waals surface area (Å²) < 4.78 is 5.28. The van der Waals surface area contributed by atoms with Gasteiger partial charge in [0.1, 0.15) is 5.75 Å². The maximum atomic E-state index is 8.49. The Morgan fingerprint density at radius 2 is 2.31 bits per heavy atom. The van der Waals surface area contributed by atoms with Gasteiger partial charge >= 0.3 is 0 Å². The lowest BCUT2D eigenvalue weighted by molar-refractivity contribution is 0.161. The topological polar surface area (TPSA) is 41.5 Å². The normalized spacial score (nSPS) is 10.1. The standard InChI is InChI=1S/C9H12ClNO2/c1-2-13-9-5-7(6-11-12)3-4-8(9)10/h3-5,11-12H,2,6H2,1H3. The molecular formula is C9H12ClNO2. The summed E-state index contributed by atoms with van der Waals surface area (Å²) in [5.41, 5.74) is 3.00. The van der Waals surface area contributed by atoms with Crippen LogP contribution < -0.4 is 10.2 Å². The fraction of sp³-hybridized carbons (Fsp3) is 0.333. The highest BCUT2D eigenvalue weighted by molar-refractivity contribution is 6.32. The first-order valence-electron chi connectivity index (χ1n) is 4.06. The zero-order chi connectivity index (χ0) is 9.68. The van der Waals surface area contributed by atoms with Gasteiger partial charge in [-0.25, -0.2) is 5.48 Å². The molecule has 0 fully saturated rings. The van der Waals surface area contributed by atoms with E-state index in [-0.39, 0.29) is 0 Å². The van der Waals surface area contributed by atoms with Gasteiger partial charge in [0.05, 0.1) is 11.6 Å². The third-order valence-electron chi connectivity index (χ3n) is 1.58. The summed E-state index contributed by atoms with van der Waals surface area (Å²) in [5, 5.41) is 9.07. The molecule has 0 unspecified atom stereocenters. The molecule has 0 aliphatic heterocycles. The Morgan fingerprint density at radius 3 is 2.92 bits per heavy atom. The molecule has 0 spiro atoms. The van der Waals surface area contributed by atoms with Crippen molar-refractivity contribution in [3.05, 3.63) is 28.8 Å². The SMILES string of the molecule is CCOc1cc(CNO)ccc1Cl. The largest absolute Gasteiger partial charge is 0.492 e. The zero-order valence-corrected chi connectivity index (χ0v) is 8.14. The van der Waals surface area contributed by atoms with E-state index in [1.165, 1.54) is 0 Å². The van der Waals surface area contributed by atoms with Gasteiger partial charge in [0.25, 0.3) is 0 Å². The average Bonchev–Trinajstić information content (AvgIpc) is 2.12. The highest BCUT2D eigenvalue weighted by atomic mass is 35.5. The van der Waals surface area contributed by atoms with Crippen LogP contribution in [-0.2, 0) is 6.54 Å². The molecular weight excluding hydrogens is 190 g/mol. The lowest BCUT2D eigenvalue weighted by atomic mass is 10.2. The molecule has 0 saturated carbocycles. The molecule has 0 heterocycles. The van der Waals surface area contributed by atoms with E-state index < -0.39 is 0 Å². The molecule has 0 aliphatic carbocycles. The number of rotatable bonds is 4. The number of ether oxygens (including phenoxy) is 1. The Kier molecular flexibility index (Phi) is 4.02. The predicted octanol–water partition coefficient (Wildman–Crippen LogP) is 2.22. The quantitative estimate of drug-likeness (QED) is 0.734. The Labute approximate surface area is 82.2 Å². The van der Waals surface area contributed by atoms with Crippen LogP contribution in [0.15, 0.2) is 18.2 Å². The highest BCUT2D eigenvalue weighted by Crippen LogP contribution is 2.25. The van der Waals surface area contributed by atoms with Gasteiger partial charge < -0.3 is 9.94 Å². The molecule has 1 aromatic carbocycles. The van der Waals surface area contributed by atoms with E-state index in [1.807, 2.05) is 13.0 Å². The van der Waals surface area contributed by atoms with Gasteiger partial charge in [-0.05, 0) is 24.6 Å². The Morgan fingerprint density at radius 1 is 1.54 bits per heavy atom. The molecule has 13 heavy (non-hydrogen) atoms. The predicted molar refractivity (Wildman–Crippen MR) is 51.2 cm³/mol. The van der Waals surface area contributed by atoms with Crippen LogP contribution in [0.5, 0.6) is 5.75 Å². The van der Waals surface area contributed by atoms with Crippen LogP contribution >= 0.6 is 11.6 Å². The summed E-state index contributed by atoms with van der Waals surface area (Å²) in [6, 6.07) is 5.38. The average molecular weight is 202 g/mol. The van der Waals surface area contributed by atoms with Crippen LogP contribution in [0, 0.1) is 0 Å². The molecule has 0 atom stereocenters. The number of hydroxylamine groups is 1. The molecule has 0 aromatic heterocycles. The minimum absolute atomic E-state index is 0.386. The van der Waals surface area contributed by atoms with E-state index >= 15 is 0 Å². The molecule has 0 amide bonds. The molecule has 2 N–H and O–H groups in total. The molecule has 4 heteroatoms. The van der Waals surface area contributed by atoms with E-state index in [2.05, 4.69) is 5.48 Å². The molecule has 0 saturated heterocycles. The second kappa shape index (κ2) is 5.07. The van der Waals surface area contributed by atoms with Crippen LogP contribution in [0.2, 0.25) is 5.02 Å². The van der Waals surface area contributed by atoms with Gasteiger partial charge in [-0.2, -0.15) is 0 Å². The maximum Gasteiger partial charge on any atom is 0.138 e. The first kappa shape index (κ1) is 10.3. The first-order chi connectivity index (χ1) is 6.27. The van der Waals surface area contributed by atoms with Crippen molar-refractivity contribution in [2.45, 2.75) is 13.5 Å².